The van der Waals surface area contributed by atoms with Gasteiger partial charge in [-0.1, -0.05) is 6.07 Å². The Balaban J connectivity index is 2.06. The number of fused-ring (bicyclic) bond motifs is 1. The molecule has 2 aromatic rings. The summed E-state index contributed by atoms with van der Waals surface area (Å²) in [7, 11) is 1.64. The van der Waals surface area contributed by atoms with Crippen LogP contribution in [0.2, 0.25) is 0 Å². The number of nitrogens with zero attached hydrogens (tertiary/aromatic N) is 2. The van der Waals surface area contributed by atoms with E-state index < -0.39 is 0 Å². The number of alkyl halides is 1. The molecule has 16 heavy (non-hydrogen) atoms. The first kappa shape index (κ1) is 11.2. The van der Waals surface area contributed by atoms with Crippen molar-refractivity contribution in [3.63, 3.8) is 0 Å². The van der Waals surface area contributed by atoms with Crippen LogP contribution in [-0.2, 0) is 4.74 Å². The lowest BCUT2D eigenvalue weighted by Gasteiger charge is -2.12. The molecule has 86 valence electrons. The highest BCUT2D eigenvalue weighted by molar-refractivity contribution is 6.21. The lowest BCUT2D eigenvalue weighted by atomic mass is 10.4. The fourth-order valence-electron chi connectivity index (χ4n) is 1.55. The minimum atomic E-state index is -0.0382. The summed E-state index contributed by atoms with van der Waals surface area (Å²) < 4.78 is 6.96. The van der Waals surface area contributed by atoms with Crippen molar-refractivity contribution in [1.29, 1.82) is 0 Å². The molecule has 2 heterocycles. The molecule has 0 aromatic carbocycles. The van der Waals surface area contributed by atoms with Crippen LogP contribution in [0.1, 0.15) is 0 Å². The number of rotatable bonds is 5. The Morgan fingerprint density at radius 3 is 3.25 bits per heavy atom. The molecule has 2 rings (SSSR count). The van der Waals surface area contributed by atoms with E-state index in [1.54, 1.807) is 13.3 Å². The van der Waals surface area contributed by atoms with Gasteiger partial charge in [-0.2, -0.15) is 0 Å². The molecule has 5 heteroatoms. The molecule has 2 aromatic heterocycles. The number of aromatic nitrogens is 2. The van der Waals surface area contributed by atoms with E-state index in [-0.39, 0.29) is 5.38 Å². The monoisotopic (exact) mass is 239 g/mol. The Bertz CT molecular complexity index is 457. The van der Waals surface area contributed by atoms with Crippen LogP contribution in [-0.4, -0.2) is 35.0 Å². The number of imidazole rings is 1. The second-order valence-electron chi connectivity index (χ2n) is 3.50. The topological polar surface area (TPSA) is 38.6 Å². The van der Waals surface area contributed by atoms with E-state index in [0.29, 0.717) is 13.2 Å². The first-order valence-electron chi connectivity index (χ1n) is 5.10. The molecule has 0 amide bonds. The zero-order valence-corrected chi connectivity index (χ0v) is 9.81. The van der Waals surface area contributed by atoms with Gasteiger partial charge in [-0.3, -0.25) is 4.40 Å². The molecular weight excluding hydrogens is 226 g/mol. The summed E-state index contributed by atoms with van der Waals surface area (Å²) >= 11 is 6.04. The lowest BCUT2D eigenvalue weighted by molar-refractivity contribution is 0.200. The van der Waals surface area contributed by atoms with Gasteiger partial charge in [-0.05, 0) is 12.1 Å². The second-order valence-corrected chi connectivity index (χ2v) is 4.12. The van der Waals surface area contributed by atoms with Gasteiger partial charge in [0.25, 0.3) is 0 Å². The van der Waals surface area contributed by atoms with Crippen molar-refractivity contribution < 1.29 is 4.74 Å². The largest absolute Gasteiger partial charge is 0.383 e. The fraction of sp³-hybridized carbons (Fsp3) is 0.364. The highest BCUT2D eigenvalue weighted by Crippen LogP contribution is 2.11. The quantitative estimate of drug-likeness (QED) is 0.812. The van der Waals surface area contributed by atoms with Gasteiger partial charge in [0.15, 0.2) is 0 Å². The van der Waals surface area contributed by atoms with Gasteiger partial charge in [-0.25, -0.2) is 4.98 Å². The number of nitrogens with one attached hydrogen (secondary N) is 1. The van der Waals surface area contributed by atoms with Gasteiger partial charge in [0.2, 0.25) is 0 Å². The summed E-state index contributed by atoms with van der Waals surface area (Å²) in [6.45, 7) is 1.20. The number of methoxy groups -OCH3 is 1. The molecule has 0 bridgehead atoms. The van der Waals surface area contributed by atoms with Gasteiger partial charge < -0.3 is 10.1 Å². The number of anilines is 1. The molecule has 0 aliphatic carbocycles. The molecule has 0 radical (unpaired) electrons. The maximum Gasteiger partial charge on any atom is 0.138 e. The molecule has 1 unspecified atom stereocenters. The van der Waals surface area contributed by atoms with Crippen molar-refractivity contribution in [2.75, 3.05) is 25.6 Å². The average Bonchev–Trinajstić information content (AvgIpc) is 2.75. The highest BCUT2D eigenvalue weighted by atomic mass is 35.5. The smallest absolute Gasteiger partial charge is 0.138 e. The summed E-state index contributed by atoms with van der Waals surface area (Å²) in [6.07, 6.45) is 3.69. The number of ether oxygens (including phenoxy) is 1. The third kappa shape index (κ3) is 2.46. The number of hydrogen-bond donors (Lipinski definition) is 1. The van der Waals surface area contributed by atoms with Crippen LogP contribution in [0.4, 0.5) is 5.82 Å². The summed E-state index contributed by atoms with van der Waals surface area (Å²) in [6, 6.07) is 5.91. The molecule has 0 saturated heterocycles. The normalized spacial score (nSPS) is 12.9. The first-order chi connectivity index (χ1) is 7.81. The van der Waals surface area contributed by atoms with Crippen molar-refractivity contribution in [3.05, 3.63) is 30.6 Å². The van der Waals surface area contributed by atoms with E-state index in [2.05, 4.69) is 10.3 Å². The van der Waals surface area contributed by atoms with E-state index >= 15 is 0 Å². The van der Waals surface area contributed by atoms with Crippen molar-refractivity contribution in [3.8, 4) is 0 Å². The molecule has 0 aliphatic heterocycles. The summed E-state index contributed by atoms with van der Waals surface area (Å²) in [5.41, 5.74) is 0.919. The summed E-state index contributed by atoms with van der Waals surface area (Å²) in [5, 5.41) is 3.23. The van der Waals surface area contributed by atoms with Crippen LogP contribution in [0, 0.1) is 0 Å². The molecule has 0 aliphatic rings. The SMILES string of the molecule is COCC(Cl)CNc1cccc2nccn12. The molecule has 0 fully saturated rings. The Labute approximate surface area is 99.2 Å². The standard InChI is InChI=1S/C11H14ClN3O/c1-16-8-9(12)7-14-11-4-2-3-10-13-5-6-15(10)11/h2-6,9,14H,7-8H2,1H3. The Morgan fingerprint density at radius 1 is 1.56 bits per heavy atom. The maximum absolute atomic E-state index is 6.04. The molecule has 1 N–H and O–H groups in total. The molecule has 0 spiro atoms. The van der Waals surface area contributed by atoms with Crippen LogP contribution in [0.25, 0.3) is 5.65 Å². The Morgan fingerprint density at radius 2 is 2.44 bits per heavy atom. The van der Waals surface area contributed by atoms with Gasteiger partial charge in [0, 0.05) is 26.0 Å². The summed E-state index contributed by atoms with van der Waals surface area (Å²) in [4.78, 5) is 4.21. The fourth-order valence-corrected chi connectivity index (χ4v) is 1.75. The van der Waals surface area contributed by atoms with Crippen molar-refractivity contribution in [2.45, 2.75) is 5.38 Å². The second kappa shape index (κ2) is 5.18. The van der Waals surface area contributed by atoms with Gasteiger partial charge in [0.05, 0.1) is 12.0 Å². The highest BCUT2D eigenvalue weighted by Gasteiger charge is 2.05. The lowest BCUT2D eigenvalue weighted by Crippen LogP contribution is -2.20. The minimum absolute atomic E-state index is 0.0382. The number of halogens is 1. The first-order valence-corrected chi connectivity index (χ1v) is 5.54. The third-order valence-corrected chi connectivity index (χ3v) is 2.56. The zero-order chi connectivity index (χ0) is 11.4. The van der Waals surface area contributed by atoms with E-state index in [1.165, 1.54) is 0 Å². The third-order valence-electron chi connectivity index (χ3n) is 2.28. The van der Waals surface area contributed by atoms with Gasteiger partial charge >= 0.3 is 0 Å². The predicted molar refractivity (Wildman–Crippen MR) is 65.2 cm³/mol. The zero-order valence-electron chi connectivity index (χ0n) is 9.06. The van der Waals surface area contributed by atoms with E-state index in [0.717, 1.165) is 11.5 Å². The number of pyridine rings is 1. The number of hydrogen-bond acceptors (Lipinski definition) is 3. The maximum atomic E-state index is 6.04. The van der Waals surface area contributed by atoms with E-state index in [4.69, 9.17) is 16.3 Å². The average molecular weight is 240 g/mol. The Kier molecular flexibility index (Phi) is 3.64. The minimum Gasteiger partial charge on any atom is -0.383 e. The molecule has 1 atom stereocenters. The van der Waals surface area contributed by atoms with E-state index in [1.807, 2.05) is 28.8 Å². The van der Waals surface area contributed by atoms with Gasteiger partial charge in [0.1, 0.15) is 11.5 Å². The van der Waals surface area contributed by atoms with Crippen molar-refractivity contribution in [1.82, 2.24) is 9.38 Å². The molecule has 4 nitrogen and oxygen atoms in total. The predicted octanol–water partition coefficient (Wildman–Crippen LogP) is 2.00. The van der Waals surface area contributed by atoms with Crippen LogP contribution in [0.15, 0.2) is 30.6 Å². The molecule has 0 saturated carbocycles. The van der Waals surface area contributed by atoms with Gasteiger partial charge in [-0.15, -0.1) is 11.6 Å². The summed E-state index contributed by atoms with van der Waals surface area (Å²) in [5.74, 6) is 0.983. The van der Waals surface area contributed by atoms with Crippen LogP contribution >= 0.6 is 11.6 Å². The van der Waals surface area contributed by atoms with Crippen LogP contribution in [0.3, 0.4) is 0 Å². The van der Waals surface area contributed by atoms with Crippen molar-refractivity contribution in [2.24, 2.45) is 0 Å². The Hall–Kier alpha value is -1.26. The van der Waals surface area contributed by atoms with Crippen molar-refractivity contribution >= 4 is 23.1 Å². The van der Waals surface area contributed by atoms with Crippen LogP contribution < -0.4 is 5.32 Å². The van der Waals surface area contributed by atoms with E-state index in [9.17, 15) is 0 Å². The van der Waals surface area contributed by atoms with Crippen LogP contribution in [0.5, 0.6) is 0 Å². The molecular formula is C11H14ClN3O.